The molecule has 0 radical (unpaired) electrons. The van der Waals surface area contributed by atoms with Crippen LogP contribution in [0, 0.1) is 0 Å². The Morgan fingerprint density at radius 1 is 1.00 bits per heavy atom. The fourth-order valence-corrected chi connectivity index (χ4v) is 8.30. The number of aliphatic imine (C=N–C) groups is 2. The number of anilines is 3. The Kier molecular flexibility index (Phi) is 12.3. The molecule has 14 nitrogen and oxygen atoms in total. The normalized spacial score (nSPS) is 19.0. The number of imide groups is 1. The van der Waals surface area contributed by atoms with Gasteiger partial charge in [-0.25, -0.2) is 9.98 Å². The first kappa shape index (κ1) is 39.9. The Hall–Kier alpha value is -6.28. The Bertz CT molecular complexity index is 2150. The summed E-state index contributed by atoms with van der Waals surface area (Å²) < 4.78 is 0. The third-order valence-electron chi connectivity index (χ3n) is 11.5. The topological polar surface area (TPSA) is 160 Å². The fraction of sp³-hybridized carbons (Fsp3) is 0.364. The summed E-state index contributed by atoms with van der Waals surface area (Å²) in [6, 6.07) is 16.6. The zero-order valence-corrected chi connectivity index (χ0v) is 32.8. The summed E-state index contributed by atoms with van der Waals surface area (Å²) in [5.74, 6) is -0.138. The van der Waals surface area contributed by atoms with Crippen LogP contribution < -0.4 is 20.4 Å². The van der Waals surface area contributed by atoms with Gasteiger partial charge in [-0.15, -0.1) is 6.58 Å². The molecular formula is C44H49N9O5. The predicted molar refractivity (Wildman–Crippen MR) is 225 cm³/mol. The van der Waals surface area contributed by atoms with Crippen molar-refractivity contribution >= 4 is 65.7 Å². The number of amides is 3. The number of piperazine rings is 1. The van der Waals surface area contributed by atoms with Crippen LogP contribution in [0.2, 0.25) is 0 Å². The number of nitrogens with zero attached hydrogens (tertiary/aromatic N) is 7. The van der Waals surface area contributed by atoms with Crippen molar-refractivity contribution in [3.63, 3.8) is 0 Å². The lowest BCUT2D eigenvalue weighted by atomic mass is 10.0. The minimum Gasteiger partial charge on any atom is -0.368 e. The van der Waals surface area contributed by atoms with Gasteiger partial charge in [0.1, 0.15) is 24.0 Å². The standard InChI is InChI=1S/C44H49N9O5/c1-4-19-46-42(56)36(25-45-3)41(49-38-18-13-30-12-11-29(5-2)40(30)48-38)47-31-14-16-32(17-15-31)52-26-34(27-52)50-20-22-51(23-21-50)37-10-6-9-35-39(37)44(58)53(43(35)57)33(28-55)8-7-24-54/h4,6,9-10,13-18,24-25,28-29,33-34H,1,3,5,7-8,11-12,19-23,26-27H2,2H3,(H,46,56)(H,47,48,49)/b36-25+. The molecule has 3 aromatic rings. The molecule has 1 aliphatic carbocycles. The maximum atomic E-state index is 13.5. The molecule has 2 N–H and O–H groups in total. The van der Waals surface area contributed by atoms with Gasteiger partial charge in [-0.05, 0) is 80.4 Å². The molecule has 2 atom stereocenters. The number of pyridine rings is 1. The highest BCUT2D eigenvalue weighted by atomic mass is 16.2. The largest absolute Gasteiger partial charge is 0.368 e. The Morgan fingerprint density at radius 3 is 2.47 bits per heavy atom. The average Bonchev–Trinajstić information content (AvgIpc) is 3.76. The number of aryl methyl sites for hydroxylation is 1. The van der Waals surface area contributed by atoms with E-state index in [2.05, 4.69) is 56.6 Å². The lowest BCUT2D eigenvalue weighted by Gasteiger charge is -2.49. The van der Waals surface area contributed by atoms with Gasteiger partial charge in [0.25, 0.3) is 17.7 Å². The molecule has 2 aromatic carbocycles. The molecule has 4 heterocycles. The van der Waals surface area contributed by atoms with Gasteiger partial charge >= 0.3 is 0 Å². The molecule has 0 spiro atoms. The highest BCUT2D eigenvalue weighted by Gasteiger charge is 2.43. The Morgan fingerprint density at radius 2 is 1.78 bits per heavy atom. The summed E-state index contributed by atoms with van der Waals surface area (Å²) in [5, 5.41) is 6.17. The van der Waals surface area contributed by atoms with Crippen molar-refractivity contribution in [3.8, 4) is 0 Å². The lowest BCUT2D eigenvalue weighted by molar-refractivity contribution is -0.117. The highest BCUT2D eigenvalue weighted by molar-refractivity contribution is 6.26. The van der Waals surface area contributed by atoms with Crippen LogP contribution in [0.4, 0.5) is 22.9 Å². The van der Waals surface area contributed by atoms with Gasteiger partial charge in [0, 0.05) is 87.5 Å². The van der Waals surface area contributed by atoms with Crippen molar-refractivity contribution < 1.29 is 24.0 Å². The second-order valence-corrected chi connectivity index (χ2v) is 14.9. The third kappa shape index (κ3) is 8.10. The van der Waals surface area contributed by atoms with Crippen molar-refractivity contribution in [1.29, 1.82) is 0 Å². The quantitative estimate of drug-likeness (QED) is 0.0521. The summed E-state index contributed by atoms with van der Waals surface area (Å²) in [6.07, 6.45) is 7.54. The van der Waals surface area contributed by atoms with Gasteiger partial charge in [-0.2, -0.15) is 0 Å². The molecule has 14 heteroatoms. The predicted octanol–water partition coefficient (Wildman–Crippen LogP) is 4.70. The van der Waals surface area contributed by atoms with Crippen LogP contribution in [0.25, 0.3) is 0 Å². The van der Waals surface area contributed by atoms with Crippen molar-refractivity contribution in [2.24, 2.45) is 9.98 Å². The van der Waals surface area contributed by atoms with E-state index in [1.807, 2.05) is 36.4 Å². The minimum absolute atomic E-state index is 0.0855. The van der Waals surface area contributed by atoms with Crippen molar-refractivity contribution in [2.45, 2.75) is 57.0 Å². The molecule has 58 heavy (non-hydrogen) atoms. The molecule has 2 fully saturated rings. The van der Waals surface area contributed by atoms with E-state index in [1.165, 1.54) is 11.8 Å². The van der Waals surface area contributed by atoms with E-state index >= 15 is 0 Å². The van der Waals surface area contributed by atoms with Crippen molar-refractivity contribution in [3.05, 3.63) is 101 Å². The number of benzene rings is 2. The van der Waals surface area contributed by atoms with Crippen LogP contribution in [0.5, 0.6) is 0 Å². The third-order valence-corrected chi connectivity index (χ3v) is 11.5. The minimum atomic E-state index is -0.972. The zero-order valence-electron chi connectivity index (χ0n) is 32.8. The molecule has 0 bridgehead atoms. The number of carbonyl (C=O) groups is 5. The van der Waals surface area contributed by atoms with E-state index in [1.54, 1.807) is 18.2 Å². The molecule has 1 aromatic heterocycles. The van der Waals surface area contributed by atoms with Crippen LogP contribution in [-0.2, 0) is 20.8 Å². The first-order valence-electron chi connectivity index (χ1n) is 19.9. The molecule has 2 unspecified atom stereocenters. The smallest absolute Gasteiger partial charge is 0.264 e. The maximum Gasteiger partial charge on any atom is 0.264 e. The number of hydrogen-bond donors (Lipinski definition) is 2. The van der Waals surface area contributed by atoms with Crippen LogP contribution in [-0.4, -0.2) is 116 Å². The van der Waals surface area contributed by atoms with Gasteiger partial charge in [-0.1, -0.05) is 25.1 Å². The summed E-state index contributed by atoms with van der Waals surface area (Å²) in [7, 11) is 0. The maximum absolute atomic E-state index is 13.5. The van der Waals surface area contributed by atoms with E-state index in [9.17, 15) is 24.0 Å². The Balaban J connectivity index is 0.986. The molecule has 2 saturated heterocycles. The number of aromatic nitrogens is 1. The van der Waals surface area contributed by atoms with E-state index in [4.69, 9.17) is 9.98 Å². The number of carbonyl (C=O) groups excluding carboxylic acids is 5. The number of amidine groups is 1. The molecule has 3 amide bonds. The second-order valence-electron chi connectivity index (χ2n) is 14.9. The number of hydrogen-bond acceptors (Lipinski definition) is 11. The van der Waals surface area contributed by atoms with E-state index in [0.717, 1.165) is 67.4 Å². The number of fused-ring (bicyclic) bond motifs is 2. The van der Waals surface area contributed by atoms with Gasteiger partial charge in [0.05, 0.1) is 22.9 Å². The highest BCUT2D eigenvalue weighted by Crippen LogP contribution is 2.36. The lowest BCUT2D eigenvalue weighted by Crippen LogP contribution is -2.63. The van der Waals surface area contributed by atoms with Crippen molar-refractivity contribution in [2.75, 3.05) is 60.9 Å². The Labute approximate surface area is 338 Å². The van der Waals surface area contributed by atoms with Crippen molar-refractivity contribution in [1.82, 2.24) is 20.1 Å². The zero-order chi connectivity index (χ0) is 40.8. The summed E-state index contributed by atoms with van der Waals surface area (Å²) >= 11 is 0. The van der Waals surface area contributed by atoms with Gasteiger partial charge in [-0.3, -0.25) is 29.2 Å². The first-order chi connectivity index (χ1) is 28.3. The van der Waals surface area contributed by atoms with E-state index in [0.29, 0.717) is 66.1 Å². The molecule has 7 rings (SSSR count). The summed E-state index contributed by atoms with van der Waals surface area (Å²) in [5.41, 5.74) is 5.68. The molecule has 300 valence electrons. The molecule has 0 saturated carbocycles. The molecular weight excluding hydrogens is 735 g/mol. The molecule has 3 aliphatic heterocycles. The first-order valence-corrected chi connectivity index (χ1v) is 19.9. The van der Waals surface area contributed by atoms with Crippen LogP contribution in [0.1, 0.15) is 70.5 Å². The SMILES string of the molecule is C=CCNC(=O)/C(=C/N=C)C(=Nc1ccc2c(n1)C(CC)CC2)Nc1ccc(N2CC(N3CCN(c4cccc5c4C(=O)N(C(C=O)CCC=O)C5=O)CC3)C2)cc1. The van der Waals surface area contributed by atoms with E-state index in [-0.39, 0.29) is 30.9 Å². The summed E-state index contributed by atoms with van der Waals surface area (Å²) in [4.78, 5) is 84.3. The number of aldehydes is 2. The molecule has 4 aliphatic rings. The van der Waals surface area contributed by atoms with Crippen LogP contribution in [0.15, 0.2) is 89.0 Å². The second kappa shape index (κ2) is 17.9. The van der Waals surface area contributed by atoms with E-state index < -0.39 is 17.9 Å². The number of nitrogens with one attached hydrogen (secondary N) is 2. The van der Waals surface area contributed by atoms with Crippen LogP contribution >= 0.6 is 0 Å². The number of rotatable bonds is 16. The van der Waals surface area contributed by atoms with Gasteiger partial charge in [0.15, 0.2) is 5.82 Å². The summed E-state index contributed by atoms with van der Waals surface area (Å²) in [6.45, 7) is 14.4. The van der Waals surface area contributed by atoms with Gasteiger partial charge < -0.3 is 30.0 Å². The monoisotopic (exact) mass is 783 g/mol. The average molecular weight is 784 g/mol. The van der Waals surface area contributed by atoms with Crippen LogP contribution in [0.3, 0.4) is 0 Å². The van der Waals surface area contributed by atoms with Gasteiger partial charge in [0.2, 0.25) is 0 Å². The fourth-order valence-electron chi connectivity index (χ4n) is 8.30.